The maximum absolute atomic E-state index is 12.6. The molecule has 26 heavy (non-hydrogen) atoms. The predicted octanol–water partition coefficient (Wildman–Crippen LogP) is 3.96. The van der Waals surface area contributed by atoms with Crippen molar-refractivity contribution < 1.29 is 14.6 Å². The molecule has 0 spiro atoms. The van der Waals surface area contributed by atoms with Crippen LogP contribution >= 0.6 is 0 Å². The Labute approximate surface area is 153 Å². The number of ether oxygens (including phenoxy) is 1. The number of carbonyl (C=O) groups excluding carboxylic acids is 1. The molecule has 4 heteroatoms. The second-order valence-corrected chi connectivity index (χ2v) is 5.94. The van der Waals surface area contributed by atoms with E-state index in [1.807, 2.05) is 60.7 Å². The third-order valence-electron chi connectivity index (χ3n) is 4.33. The molecule has 0 unspecified atom stereocenters. The topological polar surface area (TPSA) is 58.6 Å². The van der Waals surface area contributed by atoms with Crippen molar-refractivity contribution in [1.82, 2.24) is 5.32 Å². The molecule has 1 amide bonds. The SMILES string of the molecule is COc1cccc(C(=O)NCC(c2ccccc2)c2ccccc2)c1O. The van der Waals surface area contributed by atoms with E-state index >= 15 is 0 Å². The molecular formula is C22H21NO3. The average molecular weight is 347 g/mol. The minimum Gasteiger partial charge on any atom is -0.504 e. The fourth-order valence-corrected chi connectivity index (χ4v) is 2.96. The van der Waals surface area contributed by atoms with Crippen molar-refractivity contribution in [2.75, 3.05) is 13.7 Å². The lowest BCUT2D eigenvalue weighted by molar-refractivity contribution is 0.0949. The summed E-state index contributed by atoms with van der Waals surface area (Å²) in [5.41, 5.74) is 2.44. The highest BCUT2D eigenvalue weighted by molar-refractivity contribution is 5.97. The number of hydrogen-bond acceptors (Lipinski definition) is 3. The van der Waals surface area contributed by atoms with E-state index in [2.05, 4.69) is 5.32 Å². The van der Waals surface area contributed by atoms with Crippen LogP contribution in [0.4, 0.5) is 0 Å². The zero-order chi connectivity index (χ0) is 18.4. The Hall–Kier alpha value is -3.27. The van der Waals surface area contributed by atoms with Crippen molar-refractivity contribution in [1.29, 1.82) is 0 Å². The lowest BCUT2D eigenvalue weighted by Crippen LogP contribution is -2.29. The number of methoxy groups -OCH3 is 1. The summed E-state index contributed by atoms with van der Waals surface area (Å²) in [5.74, 6) is -0.184. The van der Waals surface area contributed by atoms with Gasteiger partial charge in [-0.2, -0.15) is 0 Å². The molecule has 0 bridgehead atoms. The molecule has 0 heterocycles. The monoisotopic (exact) mass is 347 g/mol. The Morgan fingerprint density at radius 2 is 1.50 bits per heavy atom. The Balaban J connectivity index is 1.81. The van der Waals surface area contributed by atoms with Gasteiger partial charge in [0.25, 0.3) is 5.91 Å². The molecule has 4 nitrogen and oxygen atoms in total. The van der Waals surface area contributed by atoms with E-state index < -0.39 is 0 Å². The van der Waals surface area contributed by atoms with Crippen LogP contribution in [-0.2, 0) is 0 Å². The van der Waals surface area contributed by atoms with E-state index in [0.29, 0.717) is 6.54 Å². The van der Waals surface area contributed by atoms with Crippen molar-refractivity contribution in [2.45, 2.75) is 5.92 Å². The number of phenolic OH excluding ortho intramolecular Hbond substituents is 1. The lowest BCUT2D eigenvalue weighted by Gasteiger charge is -2.19. The number of rotatable bonds is 6. The van der Waals surface area contributed by atoms with Crippen LogP contribution in [0.1, 0.15) is 27.4 Å². The van der Waals surface area contributed by atoms with E-state index in [-0.39, 0.29) is 28.9 Å². The molecule has 0 aliphatic carbocycles. The van der Waals surface area contributed by atoms with Crippen molar-refractivity contribution in [3.05, 3.63) is 95.6 Å². The van der Waals surface area contributed by atoms with Crippen molar-refractivity contribution in [2.24, 2.45) is 0 Å². The van der Waals surface area contributed by atoms with Crippen LogP contribution in [0.2, 0.25) is 0 Å². The first-order valence-electron chi connectivity index (χ1n) is 8.44. The predicted molar refractivity (Wildman–Crippen MR) is 102 cm³/mol. The highest BCUT2D eigenvalue weighted by Crippen LogP contribution is 2.29. The summed E-state index contributed by atoms with van der Waals surface area (Å²) in [7, 11) is 1.46. The van der Waals surface area contributed by atoms with Gasteiger partial charge in [0.2, 0.25) is 0 Å². The Morgan fingerprint density at radius 1 is 0.923 bits per heavy atom. The standard InChI is InChI=1S/C22H21NO3/c1-26-20-14-8-13-18(21(20)24)22(25)23-15-19(16-9-4-2-5-10-16)17-11-6-3-7-12-17/h2-14,19,24H,15H2,1H3,(H,23,25). The van der Waals surface area contributed by atoms with Crippen molar-refractivity contribution >= 4 is 5.91 Å². The maximum Gasteiger partial charge on any atom is 0.255 e. The fourth-order valence-electron chi connectivity index (χ4n) is 2.96. The quantitative estimate of drug-likeness (QED) is 0.709. The number of hydrogen-bond donors (Lipinski definition) is 2. The maximum atomic E-state index is 12.6. The average Bonchev–Trinajstić information content (AvgIpc) is 2.70. The molecule has 3 aromatic rings. The number of para-hydroxylation sites is 1. The molecule has 3 rings (SSSR count). The molecule has 0 radical (unpaired) electrons. The number of amides is 1. The van der Waals surface area contributed by atoms with Crippen LogP contribution in [0.15, 0.2) is 78.9 Å². The number of benzene rings is 3. The highest BCUT2D eigenvalue weighted by atomic mass is 16.5. The van der Waals surface area contributed by atoms with Gasteiger partial charge in [0.15, 0.2) is 11.5 Å². The molecule has 2 N–H and O–H groups in total. The van der Waals surface area contributed by atoms with Gasteiger partial charge >= 0.3 is 0 Å². The molecule has 0 aliphatic heterocycles. The van der Waals surface area contributed by atoms with Gasteiger partial charge < -0.3 is 15.2 Å². The smallest absolute Gasteiger partial charge is 0.255 e. The van der Waals surface area contributed by atoms with Gasteiger partial charge in [-0.15, -0.1) is 0 Å². The van der Waals surface area contributed by atoms with E-state index in [0.717, 1.165) is 11.1 Å². The first kappa shape index (κ1) is 17.5. The van der Waals surface area contributed by atoms with E-state index in [4.69, 9.17) is 4.74 Å². The summed E-state index contributed by atoms with van der Waals surface area (Å²) in [4.78, 5) is 12.6. The van der Waals surface area contributed by atoms with Gasteiger partial charge in [-0.25, -0.2) is 0 Å². The van der Waals surface area contributed by atoms with Crippen molar-refractivity contribution in [3.63, 3.8) is 0 Å². The van der Waals surface area contributed by atoms with Gasteiger partial charge in [-0.1, -0.05) is 66.7 Å². The molecule has 132 valence electrons. The lowest BCUT2D eigenvalue weighted by atomic mass is 9.91. The first-order chi connectivity index (χ1) is 12.7. The fraction of sp³-hybridized carbons (Fsp3) is 0.136. The minimum absolute atomic E-state index is 0.0223. The van der Waals surface area contributed by atoms with E-state index in [1.54, 1.807) is 18.2 Å². The Morgan fingerprint density at radius 3 is 2.04 bits per heavy atom. The minimum atomic E-state index is -0.335. The molecule has 0 atom stereocenters. The summed E-state index contributed by atoms with van der Waals surface area (Å²) in [6, 6.07) is 25.0. The first-order valence-corrected chi connectivity index (χ1v) is 8.44. The third-order valence-corrected chi connectivity index (χ3v) is 4.33. The van der Waals surface area contributed by atoms with Crippen LogP contribution in [0.3, 0.4) is 0 Å². The second-order valence-electron chi connectivity index (χ2n) is 5.94. The van der Waals surface area contributed by atoms with Crippen LogP contribution in [0.5, 0.6) is 11.5 Å². The zero-order valence-electron chi connectivity index (χ0n) is 14.6. The normalized spacial score (nSPS) is 10.5. The second kappa shape index (κ2) is 8.21. The Kier molecular flexibility index (Phi) is 5.54. The summed E-state index contributed by atoms with van der Waals surface area (Å²) in [5, 5.41) is 13.1. The van der Waals surface area contributed by atoms with E-state index in [9.17, 15) is 9.90 Å². The number of aromatic hydroxyl groups is 1. The molecule has 3 aromatic carbocycles. The van der Waals surface area contributed by atoms with Gasteiger partial charge in [0.05, 0.1) is 12.7 Å². The Bertz CT molecular complexity index is 824. The van der Waals surface area contributed by atoms with Crippen LogP contribution in [0, 0.1) is 0 Å². The van der Waals surface area contributed by atoms with Gasteiger partial charge in [0, 0.05) is 12.5 Å². The zero-order valence-corrected chi connectivity index (χ0v) is 14.6. The summed E-state index contributed by atoms with van der Waals surface area (Å²) in [6.45, 7) is 0.420. The summed E-state index contributed by atoms with van der Waals surface area (Å²) in [6.07, 6.45) is 0. The molecule has 0 saturated heterocycles. The van der Waals surface area contributed by atoms with Crippen LogP contribution in [0.25, 0.3) is 0 Å². The molecule has 0 saturated carbocycles. The number of nitrogens with one attached hydrogen (secondary N) is 1. The van der Waals surface area contributed by atoms with Crippen LogP contribution < -0.4 is 10.1 Å². The van der Waals surface area contributed by atoms with E-state index in [1.165, 1.54) is 7.11 Å². The van der Waals surface area contributed by atoms with Crippen LogP contribution in [-0.4, -0.2) is 24.7 Å². The molecule has 0 aromatic heterocycles. The molecular weight excluding hydrogens is 326 g/mol. The van der Waals surface area contributed by atoms with Gasteiger partial charge in [0.1, 0.15) is 0 Å². The molecule has 0 aliphatic rings. The van der Waals surface area contributed by atoms with Gasteiger partial charge in [-0.05, 0) is 23.3 Å². The largest absolute Gasteiger partial charge is 0.504 e. The number of phenols is 1. The summed E-state index contributed by atoms with van der Waals surface area (Å²) < 4.78 is 5.07. The summed E-state index contributed by atoms with van der Waals surface area (Å²) >= 11 is 0. The third kappa shape index (κ3) is 3.86. The number of carbonyl (C=O) groups is 1. The highest BCUT2D eigenvalue weighted by Gasteiger charge is 2.18. The molecule has 0 fully saturated rings. The van der Waals surface area contributed by atoms with Crippen molar-refractivity contribution in [3.8, 4) is 11.5 Å². The van der Waals surface area contributed by atoms with Gasteiger partial charge in [-0.3, -0.25) is 4.79 Å².